The average Bonchev–Trinajstić information content (AvgIpc) is 3.25. The highest BCUT2D eigenvalue weighted by atomic mass is 32.1. The fourth-order valence-electron chi connectivity index (χ4n) is 3.30. The summed E-state index contributed by atoms with van der Waals surface area (Å²) in [6.45, 7) is 2.24. The third-order valence-corrected chi connectivity index (χ3v) is 6.01. The summed E-state index contributed by atoms with van der Waals surface area (Å²) in [4.78, 5) is 28.8. The van der Waals surface area contributed by atoms with Gasteiger partial charge in [0.15, 0.2) is 0 Å². The van der Waals surface area contributed by atoms with Crippen molar-refractivity contribution >= 4 is 28.8 Å². The molecule has 0 spiro atoms. The minimum absolute atomic E-state index is 0.0607. The molecular weight excluding hydrogens is 400 g/mol. The van der Waals surface area contributed by atoms with E-state index in [1.165, 1.54) is 11.3 Å². The molecule has 1 aromatic heterocycles. The molecule has 30 heavy (non-hydrogen) atoms. The van der Waals surface area contributed by atoms with E-state index in [-0.39, 0.29) is 11.8 Å². The highest BCUT2D eigenvalue weighted by Crippen LogP contribution is 2.36. The zero-order valence-electron chi connectivity index (χ0n) is 16.6. The van der Waals surface area contributed by atoms with Crippen molar-refractivity contribution in [3.05, 3.63) is 71.1 Å². The molecule has 0 saturated carbocycles. The van der Waals surface area contributed by atoms with Crippen LogP contribution in [0.4, 0.5) is 5.69 Å². The van der Waals surface area contributed by atoms with E-state index in [0.29, 0.717) is 48.2 Å². The standard InChI is InChI=1S/C23H22N2O4S/c1-28-19-15-20(16-6-3-2-4-7-16)30-21(19)22(26)24-18-9-5-8-17(14-18)23(27)25-10-12-29-13-11-25/h2-9,14-15H,10-13H2,1H3,(H,24,26). The highest BCUT2D eigenvalue weighted by molar-refractivity contribution is 7.17. The normalized spacial score (nSPS) is 13.7. The van der Waals surface area contributed by atoms with Gasteiger partial charge < -0.3 is 19.7 Å². The van der Waals surface area contributed by atoms with Crippen LogP contribution in [-0.4, -0.2) is 50.1 Å². The Labute approximate surface area is 179 Å². The summed E-state index contributed by atoms with van der Waals surface area (Å²) in [6, 6.07) is 18.7. The molecular formula is C23H22N2O4S. The van der Waals surface area contributed by atoms with Crippen LogP contribution in [0.25, 0.3) is 10.4 Å². The first-order valence-electron chi connectivity index (χ1n) is 9.67. The fraction of sp³-hybridized carbons (Fsp3) is 0.217. The van der Waals surface area contributed by atoms with Crippen molar-refractivity contribution in [3.8, 4) is 16.2 Å². The van der Waals surface area contributed by atoms with Crippen LogP contribution in [0.15, 0.2) is 60.7 Å². The maximum Gasteiger partial charge on any atom is 0.269 e. The Bertz CT molecular complexity index is 1040. The molecule has 0 radical (unpaired) electrons. The molecule has 0 aliphatic carbocycles. The molecule has 0 unspecified atom stereocenters. The molecule has 7 heteroatoms. The van der Waals surface area contributed by atoms with E-state index in [4.69, 9.17) is 9.47 Å². The lowest BCUT2D eigenvalue weighted by Gasteiger charge is -2.27. The van der Waals surface area contributed by atoms with Crippen LogP contribution in [0.1, 0.15) is 20.0 Å². The summed E-state index contributed by atoms with van der Waals surface area (Å²) in [7, 11) is 1.55. The van der Waals surface area contributed by atoms with Gasteiger partial charge in [0, 0.05) is 29.2 Å². The molecule has 1 saturated heterocycles. The molecule has 3 aromatic rings. The minimum atomic E-state index is -0.269. The molecule has 154 valence electrons. The highest BCUT2D eigenvalue weighted by Gasteiger charge is 2.21. The van der Waals surface area contributed by atoms with Gasteiger partial charge >= 0.3 is 0 Å². The molecule has 2 heterocycles. The van der Waals surface area contributed by atoms with Crippen molar-refractivity contribution in [2.24, 2.45) is 0 Å². The fourth-order valence-corrected chi connectivity index (χ4v) is 4.32. The third-order valence-electron chi connectivity index (χ3n) is 4.85. The van der Waals surface area contributed by atoms with Crippen molar-refractivity contribution < 1.29 is 19.1 Å². The number of rotatable bonds is 5. The number of nitrogens with zero attached hydrogens (tertiary/aromatic N) is 1. The summed E-state index contributed by atoms with van der Waals surface area (Å²) in [6.07, 6.45) is 0. The van der Waals surface area contributed by atoms with Crippen molar-refractivity contribution in [2.45, 2.75) is 0 Å². The third kappa shape index (κ3) is 4.37. The number of morpholine rings is 1. The smallest absolute Gasteiger partial charge is 0.269 e. The lowest BCUT2D eigenvalue weighted by Crippen LogP contribution is -2.40. The summed E-state index contributed by atoms with van der Waals surface area (Å²) in [5.41, 5.74) is 2.13. The molecule has 1 N–H and O–H groups in total. The Morgan fingerprint density at radius 1 is 1.03 bits per heavy atom. The number of methoxy groups -OCH3 is 1. The topological polar surface area (TPSA) is 67.9 Å². The number of carbonyl (C=O) groups is 2. The van der Waals surface area contributed by atoms with Gasteiger partial charge in [-0.3, -0.25) is 9.59 Å². The molecule has 1 aliphatic heterocycles. The second-order valence-electron chi connectivity index (χ2n) is 6.81. The van der Waals surface area contributed by atoms with E-state index in [0.717, 1.165) is 10.4 Å². The van der Waals surface area contributed by atoms with Crippen LogP contribution < -0.4 is 10.1 Å². The molecule has 2 amide bonds. The van der Waals surface area contributed by atoms with Gasteiger partial charge in [-0.15, -0.1) is 11.3 Å². The summed E-state index contributed by atoms with van der Waals surface area (Å²) >= 11 is 1.37. The molecule has 0 bridgehead atoms. The van der Waals surface area contributed by atoms with Crippen LogP contribution >= 0.6 is 11.3 Å². The zero-order chi connectivity index (χ0) is 20.9. The Balaban J connectivity index is 1.53. The van der Waals surface area contributed by atoms with Crippen LogP contribution in [0, 0.1) is 0 Å². The second kappa shape index (κ2) is 9.11. The van der Waals surface area contributed by atoms with E-state index in [1.54, 1.807) is 36.3 Å². The van der Waals surface area contributed by atoms with E-state index >= 15 is 0 Å². The van der Waals surface area contributed by atoms with Crippen molar-refractivity contribution in [1.29, 1.82) is 0 Å². The summed E-state index contributed by atoms with van der Waals surface area (Å²) < 4.78 is 10.7. The summed E-state index contributed by atoms with van der Waals surface area (Å²) in [5.74, 6) is 0.196. The molecule has 0 atom stereocenters. The van der Waals surface area contributed by atoms with Crippen molar-refractivity contribution in [1.82, 2.24) is 4.90 Å². The van der Waals surface area contributed by atoms with E-state index < -0.39 is 0 Å². The van der Waals surface area contributed by atoms with Gasteiger partial charge in [0.1, 0.15) is 10.6 Å². The van der Waals surface area contributed by atoms with Crippen LogP contribution in [0.5, 0.6) is 5.75 Å². The number of anilines is 1. The first-order valence-corrected chi connectivity index (χ1v) is 10.5. The maximum atomic E-state index is 12.9. The zero-order valence-corrected chi connectivity index (χ0v) is 17.4. The largest absolute Gasteiger partial charge is 0.495 e. The van der Waals surface area contributed by atoms with Crippen LogP contribution in [0.2, 0.25) is 0 Å². The molecule has 6 nitrogen and oxygen atoms in total. The van der Waals surface area contributed by atoms with Gasteiger partial charge in [-0.25, -0.2) is 0 Å². The number of ether oxygens (including phenoxy) is 2. The Hall–Kier alpha value is -3.16. The number of carbonyl (C=O) groups excluding carboxylic acids is 2. The molecule has 2 aromatic carbocycles. The number of nitrogens with one attached hydrogen (secondary N) is 1. The molecule has 1 fully saturated rings. The average molecular weight is 423 g/mol. The van der Waals surface area contributed by atoms with Gasteiger partial charge in [0.2, 0.25) is 0 Å². The Kier molecular flexibility index (Phi) is 6.11. The van der Waals surface area contributed by atoms with Gasteiger partial charge in [0.25, 0.3) is 11.8 Å². The predicted molar refractivity (Wildman–Crippen MR) is 117 cm³/mol. The van der Waals surface area contributed by atoms with Gasteiger partial charge in [-0.1, -0.05) is 36.4 Å². The summed E-state index contributed by atoms with van der Waals surface area (Å²) in [5, 5.41) is 2.89. The molecule has 1 aliphatic rings. The first kappa shape index (κ1) is 20.1. The van der Waals surface area contributed by atoms with E-state index in [1.807, 2.05) is 36.4 Å². The Morgan fingerprint density at radius 3 is 2.53 bits per heavy atom. The quantitative estimate of drug-likeness (QED) is 0.671. The molecule has 4 rings (SSSR count). The van der Waals surface area contributed by atoms with E-state index in [2.05, 4.69) is 5.32 Å². The second-order valence-corrected chi connectivity index (χ2v) is 7.87. The van der Waals surface area contributed by atoms with E-state index in [9.17, 15) is 9.59 Å². The van der Waals surface area contributed by atoms with Gasteiger partial charge in [-0.05, 0) is 29.8 Å². The number of hydrogen-bond acceptors (Lipinski definition) is 5. The van der Waals surface area contributed by atoms with Gasteiger partial charge in [0.05, 0.1) is 20.3 Å². The Morgan fingerprint density at radius 2 is 1.80 bits per heavy atom. The van der Waals surface area contributed by atoms with Crippen molar-refractivity contribution in [3.63, 3.8) is 0 Å². The SMILES string of the molecule is COc1cc(-c2ccccc2)sc1C(=O)Nc1cccc(C(=O)N2CCOCC2)c1. The van der Waals surface area contributed by atoms with Crippen LogP contribution in [-0.2, 0) is 4.74 Å². The van der Waals surface area contributed by atoms with Crippen molar-refractivity contribution in [2.75, 3.05) is 38.7 Å². The minimum Gasteiger partial charge on any atom is -0.495 e. The predicted octanol–water partition coefficient (Wildman–Crippen LogP) is 4.15. The number of thiophene rings is 1. The van der Waals surface area contributed by atoms with Gasteiger partial charge in [-0.2, -0.15) is 0 Å². The number of amides is 2. The number of benzene rings is 2. The lowest BCUT2D eigenvalue weighted by atomic mass is 10.1. The monoisotopic (exact) mass is 422 g/mol. The lowest BCUT2D eigenvalue weighted by molar-refractivity contribution is 0.0303. The van der Waals surface area contributed by atoms with Crippen LogP contribution in [0.3, 0.4) is 0 Å². The first-order chi connectivity index (χ1) is 14.7. The maximum absolute atomic E-state index is 12.9. The number of hydrogen-bond donors (Lipinski definition) is 1.